The van der Waals surface area contributed by atoms with E-state index in [1.54, 1.807) is 0 Å². The monoisotopic (exact) mass is 222 g/mol. The van der Waals surface area contributed by atoms with Crippen LogP contribution in [0.1, 0.15) is 39.5 Å². The van der Waals surface area contributed by atoms with Crippen molar-refractivity contribution in [1.82, 2.24) is 0 Å². The lowest BCUT2D eigenvalue weighted by Gasteiger charge is -1.99. The van der Waals surface area contributed by atoms with Crippen LogP contribution in [-0.2, 0) is 4.74 Å². The van der Waals surface area contributed by atoms with Crippen LogP contribution in [-0.4, -0.2) is 19.2 Å². The van der Waals surface area contributed by atoms with Crippen molar-refractivity contribution in [3.8, 4) is 0 Å². The first kappa shape index (κ1) is 19.7. The minimum absolute atomic E-state index is 0.833. The molecule has 0 unspecified atom stereocenters. The fourth-order valence-corrected chi connectivity index (χ4v) is 0.595. The molecule has 0 saturated heterocycles. The number of hydrogen-bond donors (Lipinski definition) is 4. The summed E-state index contributed by atoms with van der Waals surface area (Å²) in [5.41, 5.74) is 8.50. The predicted octanol–water partition coefficient (Wildman–Crippen LogP) is 0.446. The molecule has 94 valence electrons. The molecule has 0 aliphatic carbocycles. The van der Waals surface area contributed by atoms with E-state index in [-0.39, 0.29) is 0 Å². The van der Waals surface area contributed by atoms with Gasteiger partial charge in [-0.2, -0.15) is 0 Å². The molecule has 8 N–H and O–H groups in total. The van der Waals surface area contributed by atoms with E-state index >= 15 is 0 Å². The fraction of sp³-hybridized carbons (Fsp3) is 0.889. The molecule has 6 nitrogen and oxygen atoms in total. The zero-order valence-corrected chi connectivity index (χ0v) is 9.87. The average molecular weight is 222 g/mol. The van der Waals surface area contributed by atoms with Crippen LogP contribution in [0.4, 0.5) is 4.79 Å². The first-order chi connectivity index (χ1) is 7.15. The summed E-state index contributed by atoms with van der Waals surface area (Å²) >= 11 is 0. The summed E-state index contributed by atoms with van der Waals surface area (Å²) in [7, 11) is 0. The van der Waals surface area contributed by atoms with Crippen LogP contribution in [0.3, 0.4) is 0 Å². The number of rotatable bonds is 6. The SMILES string of the molecule is CCCCOCCCC.NC(N)=O.NN. The Labute approximate surface area is 92.3 Å². The molecular formula is C9H26N4O2. The van der Waals surface area contributed by atoms with Crippen LogP contribution in [0, 0.1) is 0 Å². The Morgan fingerprint density at radius 1 is 1.00 bits per heavy atom. The second-order valence-corrected chi connectivity index (χ2v) is 2.72. The number of carbonyl (C=O) groups excluding carboxylic acids is 1. The van der Waals surface area contributed by atoms with Gasteiger partial charge in [0.2, 0.25) is 0 Å². The summed E-state index contributed by atoms with van der Waals surface area (Å²) in [5.74, 6) is 8.00. The van der Waals surface area contributed by atoms with Crippen molar-refractivity contribution in [1.29, 1.82) is 0 Å². The summed E-state index contributed by atoms with van der Waals surface area (Å²) in [5, 5.41) is 0. The van der Waals surface area contributed by atoms with Crippen molar-refractivity contribution in [3.05, 3.63) is 0 Å². The molecule has 0 aromatic rings. The van der Waals surface area contributed by atoms with E-state index in [1.807, 2.05) is 0 Å². The second kappa shape index (κ2) is 23.2. The molecule has 0 aromatic carbocycles. The van der Waals surface area contributed by atoms with Crippen molar-refractivity contribution in [2.75, 3.05) is 13.2 Å². The molecule has 0 bridgehead atoms. The molecule has 0 radical (unpaired) electrons. The van der Waals surface area contributed by atoms with E-state index < -0.39 is 6.03 Å². The lowest BCUT2D eigenvalue weighted by Crippen LogP contribution is -2.18. The minimum atomic E-state index is -0.833. The number of hydrogen-bond acceptors (Lipinski definition) is 4. The number of nitrogens with two attached hydrogens (primary N) is 4. The van der Waals surface area contributed by atoms with Crippen LogP contribution in [0.15, 0.2) is 0 Å². The summed E-state index contributed by atoms with van der Waals surface area (Å²) in [6, 6.07) is -0.833. The zero-order chi connectivity index (χ0) is 12.5. The Hall–Kier alpha value is -0.850. The van der Waals surface area contributed by atoms with E-state index in [2.05, 4.69) is 37.0 Å². The van der Waals surface area contributed by atoms with Gasteiger partial charge in [-0.05, 0) is 12.8 Å². The molecule has 0 heterocycles. The molecular weight excluding hydrogens is 196 g/mol. The molecule has 0 atom stereocenters. The van der Waals surface area contributed by atoms with Gasteiger partial charge in [0.15, 0.2) is 0 Å². The molecule has 0 saturated carbocycles. The number of carbonyl (C=O) groups is 1. The average Bonchev–Trinajstić information content (AvgIpc) is 2.20. The van der Waals surface area contributed by atoms with Crippen molar-refractivity contribution < 1.29 is 9.53 Å². The largest absolute Gasteiger partial charge is 0.381 e. The highest BCUT2D eigenvalue weighted by atomic mass is 16.5. The molecule has 15 heavy (non-hydrogen) atoms. The van der Waals surface area contributed by atoms with Gasteiger partial charge in [-0.3, -0.25) is 11.7 Å². The Morgan fingerprint density at radius 2 is 1.27 bits per heavy atom. The fourth-order valence-electron chi connectivity index (χ4n) is 0.595. The van der Waals surface area contributed by atoms with Crippen molar-refractivity contribution in [2.24, 2.45) is 23.2 Å². The number of urea groups is 1. The number of primary amides is 2. The molecule has 0 aromatic heterocycles. The minimum Gasteiger partial charge on any atom is -0.381 e. The third-order valence-electron chi connectivity index (χ3n) is 1.28. The van der Waals surface area contributed by atoms with E-state index in [9.17, 15) is 0 Å². The molecule has 0 aliphatic heterocycles. The first-order valence-electron chi connectivity index (χ1n) is 5.11. The highest BCUT2D eigenvalue weighted by Gasteiger charge is 1.84. The van der Waals surface area contributed by atoms with Gasteiger partial charge in [0.05, 0.1) is 0 Å². The Balaban J connectivity index is -0.000000202. The summed E-state index contributed by atoms with van der Waals surface area (Å²) in [6.45, 7) is 6.28. The van der Waals surface area contributed by atoms with Crippen molar-refractivity contribution in [3.63, 3.8) is 0 Å². The van der Waals surface area contributed by atoms with Gasteiger partial charge < -0.3 is 16.2 Å². The van der Waals surface area contributed by atoms with Crippen LogP contribution in [0.5, 0.6) is 0 Å². The van der Waals surface area contributed by atoms with Gasteiger partial charge in [-0.25, -0.2) is 4.79 Å². The quantitative estimate of drug-likeness (QED) is 0.295. The Morgan fingerprint density at radius 3 is 1.47 bits per heavy atom. The standard InChI is InChI=1S/C8H18O.CH4N2O.H4N2/c1-3-5-7-9-8-6-4-2;2-1(3)4;1-2/h3-8H2,1-2H3;(H4,2,3,4);1-2H2. The molecule has 0 rings (SSSR count). The number of unbranched alkanes of at least 4 members (excludes halogenated alkanes) is 2. The zero-order valence-electron chi connectivity index (χ0n) is 9.87. The maximum atomic E-state index is 9.00. The predicted molar refractivity (Wildman–Crippen MR) is 62.8 cm³/mol. The number of ether oxygens (including phenoxy) is 1. The third-order valence-corrected chi connectivity index (χ3v) is 1.28. The molecule has 0 aliphatic rings. The van der Waals surface area contributed by atoms with Gasteiger partial charge in [-0.1, -0.05) is 26.7 Å². The van der Waals surface area contributed by atoms with Gasteiger partial charge in [0.1, 0.15) is 0 Å². The van der Waals surface area contributed by atoms with E-state index in [4.69, 9.17) is 9.53 Å². The van der Waals surface area contributed by atoms with Crippen LogP contribution >= 0.6 is 0 Å². The highest BCUT2D eigenvalue weighted by Crippen LogP contribution is 1.91. The smallest absolute Gasteiger partial charge is 0.309 e. The summed E-state index contributed by atoms with van der Waals surface area (Å²) in [6.07, 6.45) is 4.91. The first-order valence-corrected chi connectivity index (χ1v) is 5.11. The van der Waals surface area contributed by atoms with Crippen molar-refractivity contribution in [2.45, 2.75) is 39.5 Å². The Bertz CT molecular complexity index is 102. The molecule has 0 fully saturated rings. The maximum Gasteiger partial charge on any atom is 0.309 e. The normalized spacial score (nSPS) is 8.00. The van der Waals surface area contributed by atoms with E-state index in [0.717, 1.165) is 13.2 Å². The van der Waals surface area contributed by atoms with E-state index in [1.165, 1.54) is 25.7 Å². The van der Waals surface area contributed by atoms with Crippen LogP contribution < -0.4 is 23.2 Å². The van der Waals surface area contributed by atoms with Crippen molar-refractivity contribution >= 4 is 6.03 Å². The van der Waals surface area contributed by atoms with Gasteiger partial charge in [0, 0.05) is 13.2 Å². The molecule has 6 heteroatoms. The van der Waals surface area contributed by atoms with Crippen LogP contribution in [0.2, 0.25) is 0 Å². The number of hydrazine groups is 1. The topological polar surface area (TPSA) is 130 Å². The highest BCUT2D eigenvalue weighted by molar-refractivity contribution is 5.69. The van der Waals surface area contributed by atoms with Gasteiger partial charge >= 0.3 is 6.03 Å². The van der Waals surface area contributed by atoms with E-state index in [0.29, 0.717) is 0 Å². The lowest BCUT2D eigenvalue weighted by atomic mass is 10.3. The summed E-state index contributed by atoms with van der Waals surface area (Å²) < 4.78 is 5.31. The van der Waals surface area contributed by atoms with Crippen LogP contribution in [0.25, 0.3) is 0 Å². The Kier molecular flexibility index (Phi) is 30.4. The summed E-state index contributed by atoms with van der Waals surface area (Å²) in [4.78, 5) is 9.00. The lowest BCUT2D eigenvalue weighted by molar-refractivity contribution is 0.128. The van der Waals surface area contributed by atoms with Gasteiger partial charge in [-0.15, -0.1) is 0 Å². The maximum absolute atomic E-state index is 9.00. The number of amides is 2. The molecule has 2 amide bonds. The third kappa shape index (κ3) is 61.6. The van der Waals surface area contributed by atoms with Gasteiger partial charge in [0.25, 0.3) is 0 Å². The second-order valence-electron chi connectivity index (χ2n) is 2.72. The molecule has 0 spiro atoms.